The van der Waals surface area contributed by atoms with Crippen molar-refractivity contribution in [2.75, 3.05) is 6.54 Å². The number of fused-ring (bicyclic) bond motifs is 2. The molecule has 1 amide bonds. The van der Waals surface area contributed by atoms with Crippen molar-refractivity contribution in [3.05, 3.63) is 72.3 Å². The molecule has 1 fully saturated rings. The maximum Gasteiger partial charge on any atom is 0.256 e. The van der Waals surface area contributed by atoms with E-state index >= 15 is 0 Å². The lowest BCUT2D eigenvalue weighted by Crippen LogP contribution is -2.31. The summed E-state index contributed by atoms with van der Waals surface area (Å²) >= 11 is 0. The number of carbonyl (C=O) groups excluding carboxylic acids is 1. The summed E-state index contributed by atoms with van der Waals surface area (Å²) in [5.74, 6) is 0.891. The van der Waals surface area contributed by atoms with Gasteiger partial charge in [0.05, 0.1) is 22.6 Å². The molecule has 3 heterocycles. The Morgan fingerprint density at radius 3 is 2.85 bits per heavy atom. The zero-order valence-corrected chi connectivity index (χ0v) is 14.2. The van der Waals surface area contributed by atoms with E-state index in [0.29, 0.717) is 5.56 Å². The van der Waals surface area contributed by atoms with Crippen LogP contribution < -0.4 is 0 Å². The number of rotatable bonds is 2. The molecule has 1 saturated heterocycles. The van der Waals surface area contributed by atoms with Gasteiger partial charge in [-0.25, -0.2) is 4.98 Å². The van der Waals surface area contributed by atoms with Crippen LogP contribution in [0.15, 0.2) is 60.9 Å². The molecule has 1 unspecified atom stereocenters. The monoisotopic (exact) mass is 342 g/mol. The maximum absolute atomic E-state index is 13.3. The zero-order valence-electron chi connectivity index (χ0n) is 14.2. The molecule has 5 rings (SSSR count). The second-order valence-electron chi connectivity index (χ2n) is 6.70. The predicted molar refractivity (Wildman–Crippen MR) is 101 cm³/mol. The Balaban J connectivity index is 1.54. The first-order valence-electron chi connectivity index (χ1n) is 8.89. The van der Waals surface area contributed by atoms with E-state index in [0.717, 1.165) is 47.0 Å². The molecule has 1 aliphatic heterocycles. The number of aromatic nitrogens is 3. The quantitative estimate of drug-likeness (QED) is 0.597. The van der Waals surface area contributed by atoms with Crippen LogP contribution in [0.3, 0.4) is 0 Å². The third-order valence-electron chi connectivity index (χ3n) is 5.14. The average molecular weight is 342 g/mol. The zero-order chi connectivity index (χ0) is 17.5. The Morgan fingerprint density at radius 1 is 1.08 bits per heavy atom. The second-order valence-corrected chi connectivity index (χ2v) is 6.70. The predicted octanol–water partition coefficient (Wildman–Crippen LogP) is 4.09. The molecule has 0 saturated carbocycles. The topological polar surface area (TPSA) is 61.9 Å². The number of likely N-dealkylation sites (tertiary alicyclic amines) is 1. The minimum absolute atomic E-state index is 0.0196. The second kappa shape index (κ2) is 5.95. The third-order valence-corrected chi connectivity index (χ3v) is 5.14. The summed E-state index contributed by atoms with van der Waals surface area (Å²) in [4.78, 5) is 27.6. The van der Waals surface area contributed by atoms with Crippen molar-refractivity contribution in [3.63, 3.8) is 0 Å². The molecule has 1 atom stereocenters. The van der Waals surface area contributed by atoms with E-state index in [1.54, 1.807) is 12.4 Å². The molecule has 1 aliphatic rings. The van der Waals surface area contributed by atoms with Crippen molar-refractivity contribution in [2.24, 2.45) is 0 Å². The molecular weight excluding hydrogens is 324 g/mol. The molecular formula is C21H18N4O. The first-order chi connectivity index (χ1) is 12.8. The summed E-state index contributed by atoms with van der Waals surface area (Å²) in [7, 11) is 0. The van der Waals surface area contributed by atoms with Crippen molar-refractivity contribution in [2.45, 2.75) is 18.9 Å². The number of nitrogens with zero attached hydrogens (tertiary/aromatic N) is 3. The fourth-order valence-electron chi connectivity index (χ4n) is 3.87. The molecule has 128 valence electrons. The van der Waals surface area contributed by atoms with Crippen LogP contribution in [-0.2, 0) is 0 Å². The minimum atomic E-state index is -0.0196. The number of imidazole rings is 1. The van der Waals surface area contributed by atoms with Crippen molar-refractivity contribution < 1.29 is 4.79 Å². The molecule has 0 spiro atoms. The van der Waals surface area contributed by atoms with Gasteiger partial charge in [0.1, 0.15) is 5.82 Å². The highest BCUT2D eigenvalue weighted by Gasteiger charge is 2.33. The summed E-state index contributed by atoms with van der Waals surface area (Å²) in [5, 5.41) is 1.93. The van der Waals surface area contributed by atoms with Gasteiger partial charge in [-0.15, -0.1) is 0 Å². The Morgan fingerprint density at radius 2 is 1.92 bits per heavy atom. The van der Waals surface area contributed by atoms with Gasteiger partial charge in [-0.1, -0.05) is 36.4 Å². The van der Waals surface area contributed by atoms with Gasteiger partial charge in [0.25, 0.3) is 5.91 Å². The highest BCUT2D eigenvalue weighted by Crippen LogP contribution is 2.33. The van der Waals surface area contributed by atoms with E-state index < -0.39 is 0 Å². The molecule has 2 aromatic carbocycles. The van der Waals surface area contributed by atoms with E-state index in [9.17, 15) is 4.79 Å². The molecule has 0 aliphatic carbocycles. The molecule has 5 nitrogen and oxygen atoms in total. The van der Waals surface area contributed by atoms with Crippen LogP contribution in [0.2, 0.25) is 0 Å². The van der Waals surface area contributed by atoms with E-state index in [1.165, 1.54) is 0 Å². The summed E-state index contributed by atoms with van der Waals surface area (Å²) in [6.07, 6.45) is 5.38. The number of pyridine rings is 1. The number of hydrogen-bond donors (Lipinski definition) is 1. The highest BCUT2D eigenvalue weighted by molar-refractivity contribution is 6.06. The molecule has 0 bridgehead atoms. The average Bonchev–Trinajstić information content (AvgIpc) is 3.33. The maximum atomic E-state index is 13.3. The first kappa shape index (κ1) is 15.1. The lowest BCUT2D eigenvalue weighted by Gasteiger charge is -2.23. The van der Waals surface area contributed by atoms with E-state index in [1.807, 2.05) is 53.4 Å². The molecule has 4 aromatic rings. The molecule has 5 heteroatoms. The number of carbonyl (C=O) groups is 1. The van der Waals surface area contributed by atoms with Gasteiger partial charge in [-0.2, -0.15) is 0 Å². The van der Waals surface area contributed by atoms with E-state index in [2.05, 4.69) is 9.97 Å². The van der Waals surface area contributed by atoms with Crippen LogP contribution in [0.1, 0.15) is 35.1 Å². The van der Waals surface area contributed by atoms with Crippen LogP contribution in [0.5, 0.6) is 0 Å². The van der Waals surface area contributed by atoms with Gasteiger partial charge in [0.15, 0.2) is 0 Å². The van der Waals surface area contributed by atoms with Crippen molar-refractivity contribution in [1.29, 1.82) is 0 Å². The molecule has 0 radical (unpaired) electrons. The molecule has 1 N–H and O–H groups in total. The fourth-order valence-corrected chi connectivity index (χ4v) is 3.87. The van der Waals surface area contributed by atoms with Gasteiger partial charge in [-0.05, 0) is 30.4 Å². The SMILES string of the molecule is O=C(c1cncc2ccccc12)N1CCCC1c1nc2ccccc2[nH]1. The molecule has 26 heavy (non-hydrogen) atoms. The van der Waals surface area contributed by atoms with Gasteiger partial charge >= 0.3 is 0 Å². The van der Waals surface area contributed by atoms with Crippen molar-refractivity contribution in [1.82, 2.24) is 19.9 Å². The largest absolute Gasteiger partial charge is 0.340 e. The van der Waals surface area contributed by atoms with E-state index in [-0.39, 0.29) is 11.9 Å². The Labute approximate surface area is 150 Å². The van der Waals surface area contributed by atoms with Crippen LogP contribution in [0.25, 0.3) is 21.8 Å². The summed E-state index contributed by atoms with van der Waals surface area (Å²) < 4.78 is 0. The Bertz CT molecular complexity index is 1080. The fraction of sp³-hybridized carbons (Fsp3) is 0.190. The Hall–Kier alpha value is -3.21. The van der Waals surface area contributed by atoms with Gasteiger partial charge in [0.2, 0.25) is 0 Å². The highest BCUT2D eigenvalue weighted by atomic mass is 16.2. The van der Waals surface area contributed by atoms with Crippen molar-refractivity contribution in [3.8, 4) is 0 Å². The van der Waals surface area contributed by atoms with E-state index in [4.69, 9.17) is 4.98 Å². The number of benzene rings is 2. The lowest BCUT2D eigenvalue weighted by molar-refractivity contribution is 0.0732. The number of para-hydroxylation sites is 2. The van der Waals surface area contributed by atoms with Crippen LogP contribution in [-0.4, -0.2) is 32.3 Å². The van der Waals surface area contributed by atoms with Crippen molar-refractivity contribution >= 4 is 27.7 Å². The van der Waals surface area contributed by atoms with Crippen LogP contribution in [0, 0.1) is 0 Å². The van der Waals surface area contributed by atoms with Gasteiger partial charge < -0.3 is 9.88 Å². The number of nitrogens with one attached hydrogen (secondary N) is 1. The number of hydrogen-bond acceptors (Lipinski definition) is 3. The van der Waals surface area contributed by atoms with Crippen LogP contribution in [0.4, 0.5) is 0 Å². The number of aromatic amines is 1. The normalized spacial score (nSPS) is 17.2. The minimum Gasteiger partial charge on any atom is -0.340 e. The lowest BCUT2D eigenvalue weighted by atomic mass is 10.1. The van der Waals surface area contributed by atoms with Gasteiger partial charge in [-0.3, -0.25) is 9.78 Å². The summed E-state index contributed by atoms with van der Waals surface area (Å²) in [6, 6.07) is 15.8. The number of amides is 1. The smallest absolute Gasteiger partial charge is 0.256 e. The first-order valence-corrected chi connectivity index (χ1v) is 8.89. The summed E-state index contributed by atoms with van der Waals surface area (Å²) in [6.45, 7) is 0.740. The van der Waals surface area contributed by atoms with Gasteiger partial charge in [0, 0.05) is 24.3 Å². The van der Waals surface area contributed by atoms with Crippen LogP contribution >= 0.6 is 0 Å². The number of H-pyrrole nitrogens is 1. The standard InChI is InChI=1S/C21H18N4O/c26-21(16-13-22-12-14-6-1-2-7-15(14)16)25-11-5-10-19(25)20-23-17-8-3-4-9-18(17)24-20/h1-4,6-9,12-13,19H,5,10-11H2,(H,23,24). The molecule has 2 aromatic heterocycles. The summed E-state index contributed by atoms with van der Waals surface area (Å²) in [5.41, 5.74) is 2.60. The Kier molecular flexibility index (Phi) is 3.45. The third kappa shape index (κ3) is 2.36.